The van der Waals surface area contributed by atoms with E-state index in [1.165, 1.54) is 51.4 Å². The number of esters is 1. The van der Waals surface area contributed by atoms with E-state index >= 15 is 0 Å². The Bertz CT molecular complexity index is 1530. The molecule has 0 aromatic rings. The van der Waals surface area contributed by atoms with Gasteiger partial charge in [-0.15, -0.1) is 0 Å². The van der Waals surface area contributed by atoms with Crippen LogP contribution in [0.2, 0.25) is 0 Å². The fraction of sp³-hybridized carbons (Fsp3) is 0.655. The molecule has 0 spiro atoms. The van der Waals surface area contributed by atoms with Crippen molar-refractivity contribution in [2.45, 2.75) is 230 Å². The van der Waals surface area contributed by atoms with Crippen molar-refractivity contribution in [1.82, 2.24) is 5.32 Å². The fourth-order valence-corrected chi connectivity index (χ4v) is 7.61. The number of hydrogen-bond acceptors (Lipinski definition) is 10. The second-order valence-electron chi connectivity index (χ2n) is 18.0. The van der Waals surface area contributed by atoms with E-state index in [0.29, 0.717) is 12.8 Å². The topological polar surface area (TPSA) is 175 Å². The van der Waals surface area contributed by atoms with Gasteiger partial charge in [0.2, 0.25) is 5.91 Å². The summed E-state index contributed by atoms with van der Waals surface area (Å²) in [6.07, 6.45) is 49.9. The molecule has 8 atom stereocenters. The Morgan fingerprint density at radius 1 is 0.580 bits per heavy atom. The van der Waals surface area contributed by atoms with E-state index < -0.39 is 67.4 Å². The number of ether oxygens (including phenoxy) is 3. The molecule has 0 bridgehead atoms. The molecule has 69 heavy (non-hydrogen) atoms. The second kappa shape index (κ2) is 45.5. The third-order valence-electron chi connectivity index (χ3n) is 11.9. The lowest BCUT2D eigenvalue weighted by atomic mass is 9.99. The van der Waals surface area contributed by atoms with Gasteiger partial charge in [0.15, 0.2) is 12.4 Å². The summed E-state index contributed by atoms with van der Waals surface area (Å²) >= 11 is 0. The standard InChI is InChI=1S/C58H95NO10/c1-4-7-10-13-16-19-22-25-28-30-33-36-39-42-45-51(62)57(66)59-49(50(61)44-41-38-35-32-29-26-23-20-17-14-11-8-5-2)48-67-58-56(55(65)54(64)52(47-60)68-58)69-53(63)46-43-40-37-34-31-27-24-21-18-15-12-9-6-3/h7,9-10,12-13,15-16,18-19,21-22,24-25,28,30,33,41,44,49-52,54-56,58,60-62,64-65H,4-6,8,11,14,17,20,23,26-27,29,31-32,34-40,42-43,45-48H2,1-3H3,(H,59,66)/b10-7+,12-9+,16-13+,18-15+,22-19-,24-21-,28-25-,33-30+,44-41+. The lowest BCUT2D eigenvalue weighted by Gasteiger charge is -2.41. The van der Waals surface area contributed by atoms with E-state index in [0.717, 1.165) is 83.5 Å². The van der Waals surface area contributed by atoms with Crippen LogP contribution < -0.4 is 5.32 Å². The van der Waals surface area contributed by atoms with Crippen molar-refractivity contribution >= 4 is 11.9 Å². The summed E-state index contributed by atoms with van der Waals surface area (Å²) in [6, 6.07) is -1.06. The zero-order valence-electron chi connectivity index (χ0n) is 42.9. The first-order valence-corrected chi connectivity index (χ1v) is 26.8. The number of carbonyl (C=O) groups is 2. The maximum absolute atomic E-state index is 13.3. The van der Waals surface area contributed by atoms with Crippen molar-refractivity contribution in [1.29, 1.82) is 0 Å². The van der Waals surface area contributed by atoms with Gasteiger partial charge in [0.25, 0.3) is 0 Å². The minimum absolute atomic E-state index is 0.0885. The molecule has 11 nitrogen and oxygen atoms in total. The Labute approximate surface area is 418 Å². The van der Waals surface area contributed by atoms with E-state index in [9.17, 15) is 35.1 Å². The molecular weight excluding hydrogens is 871 g/mol. The van der Waals surface area contributed by atoms with Crippen LogP contribution in [0, 0.1) is 0 Å². The molecule has 1 fully saturated rings. The highest BCUT2D eigenvalue weighted by molar-refractivity contribution is 5.80. The first-order chi connectivity index (χ1) is 33.7. The molecule has 0 radical (unpaired) electrons. The molecule has 0 aliphatic carbocycles. The molecule has 8 unspecified atom stereocenters. The Morgan fingerprint density at radius 3 is 1.57 bits per heavy atom. The zero-order valence-corrected chi connectivity index (χ0v) is 42.9. The van der Waals surface area contributed by atoms with Gasteiger partial charge < -0.3 is 45.1 Å². The minimum atomic E-state index is -1.64. The Morgan fingerprint density at radius 2 is 1.04 bits per heavy atom. The van der Waals surface area contributed by atoms with Crippen molar-refractivity contribution in [3.8, 4) is 0 Å². The van der Waals surface area contributed by atoms with Crippen molar-refractivity contribution < 1.29 is 49.3 Å². The van der Waals surface area contributed by atoms with Crippen LogP contribution in [0.15, 0.2) is 109 Å². The molecule has 1 rings (SSSR count). The number of hydrogen-bond donors (Lipinski definition) is 6. The van der Waals surface area contributed by atoms with Crippen LogP contribution in [0.25, 0.3) is 0 Å². The Balaban J connectivity index is 2.84. The summed E-state index contributed by atoms with van der Waals surface area (Å²) in [5, 5.41) is 56.6. The van der Waals surface area contributed by atoms with Crippen molar-refractivity contribution in [3.05, 3.63) is 109 Å². The summed E-state index contributed by atoms with van der Waals surface area (Å²) in [5.74, 6) is -1.27. The number of rotatable bonds is 42. The average Bonchev–Trinajstić information content (AvgIpc) is 3.34. The monoisotopic (exact) mass is 966 g/mol. The van der Waals surface area contributed by atoms with Crippen LogP contribution >= 0.6 is 0 Å². The largest absolute Gasteiger partial charge is 0.454 e. The maximum atomic E-state index is 13.3. The van der Waals surface area contributed by atoms with E-state index in [4.69, 9.17) is 14.2 Å². The molecule has 6 N–H and O–H groups in total. The molecule has 1 aliphatic heterocycles. The molecule has 11 heteroatoms. The number of nitrogens with one attached hydrogen (secondary N) is 1. The van der Waals surface area contributed by atoms with E-state index in [-0.39, 0.29) is 19.4 Å². The first-order valence-electron chi connectivity index (χ1n) is 26.8. The lowest BCUT2D eigenvalue weighted by molar-refractivity contribution is -0.305. The lowest BCUT2D eigenvalue weighted by Crippen LogP contribution is -2.61. The molecule has 1 amide bonds. The fourth-order valence-electron chi connectivity index (χ4n) is 7.61. The first kappa shape index (κ1) is 63.3. The van der Waals surface area contributed by atoms with Crippen LogP contribution in [0.1, 0.15) is 181 Å². The highest BCUT2D eigenvalue weighted by Gasteiger charge is 2.47. The van der Waals surface area contributed by atoms with Crippen LogP contribution in [-0.2, 0) is 23.8 Å². The van der Waals surface area contributed by atoms with Crippen molar-refractivity contribution in [2.75, 3.05) is 13.2 Å². The molecule has 0 aromatic carbocycles. The van der Waals surface area contributed by atoms with Gasteiger partial charge in [0.05, 0.1) is 25.4 Å². The number of unbranched alkanes of at least 4 members (excludes halogenated alkanes) is 18. The second-order valence-corrected chi connectivity index (χ2v) is 18.0. The molecule has 392 valence electrons. The van der Waals surface area contributed by atoms with E-state index in [1.807, 2.05) is 85.1 Å². The summed E-state index contributed by atoms with van der Waals surface area (Å²) in [4.78, 5) is 26.4. The van der Waals surface area contributed by atoms with Crippen molar-refractivity contribution in [2.24, 2.45) is 0 Å². The SMILES string of the molecule is CC/C=C/C=C/C=C\C=C/C=C/CCCCC(O)C(=O)NC(COC1OC(CO)C(O)C(O)C1OC(=O)CCCCCCC\C=C/C=C/C=C/CC)C(O)/C=C/CCCCCCCCCCCCC. The van der Waals surface area contributed by atoms with Gasteiger partial charge in [-0.3, -0.25) is 9.59 Å². The van der Waals surface area contributed by atoms with Gasteiger partial charge in [-0.25, -0.2) is 0 Å². The number of amides is 1. The third-order valence-corrected chi connectivity index (χ3v) is 11.9. The van der Waals surface area contributed by atoms with Gasteiger partial charge in [0.1, 0.15) is 24.4 Å². The summed E-state index contributed by atoms with van der Waals surface area (Å²) in [6.45, 7) is 5.43. The van der Waals surface area contributed by atoms with Crippen LogP contribution in [0.4, 0.5) is 0 Å². The summed E-state index contributed by atoms with van der Waals surface area (Å²) < 4.78 is 17.5. The quantitative estimate of drug-likeness (QED) is 0.0149. The molecule has 1 heterocycles. The van der Waals surface area contributed by atoms with E-state index in [1.54, 1.807) is 6.08 Å². The maximum Gasteiger partial charge on any atom is 0.306 e. The molecule has 1 aliphatic rings. The smallest absolute Gasteiger partial charge is 0.306 e. The predicted molar refractivity (Wildman–Crippen MR) is 282 cm³/mol. The average molecular weight is 966 g/mol. The summed E-state index contributed by atoms with van der Waals surface area (Å²) in [5.41, 5.74) is 0. The third kappa shape index (κ3) is 34.3. The molecular formula is C58H95NO10. The minimum Gasteiger partial charge on any atom is -0.454 e. The zero-order chi connectivity index (χ0) is 50.4. The van der Waals surface area contributed by atoms with Crippen LogP contribution in [-0.4, -0.2) is 99.6 Å². The predicted octanol–water partition coefficient (Wildman–Crippen LogP) is 11.4. The van der Waals surface area contributed by atoms with Gasteiger partial charge in [-0.1, -0.05) is 220 Å². The Hall–Kier alpha value is -3.68. The Kier molecular flexibility index (Phi) is 41.7. The van der Waals surface area contributed by atoms with Gasteiger partial charge in [0, 0.05) is 6.42 Å². The van der Waals surface area contributed by atoms with E-state index in [2.05, 4.69) is 44.3 Å². The summed E-state index contributed by atoms with van der Waals surface area (Å²) in [7, 11) is 0. The van der Waals surface area contributed by atoms with Crippen LogP contribution in [0.3, 0.4) is 0 Å². The molecule has 0 aromatic heterocycles. The number of aliphatic hydroxyl groups excluding tert-OH is 5. The van der Waals surface area contributed by atoms with Gasteiger partial charge in [-0.2, -0.15) is 0 Å². The number of aliphatic hydroxyl groups is 5. The molecule has 0 saturated carbocycles. The van der Waals surface area contributed by atoms with Gasteiger partial charge >= 0.3 is 5.97 Å². The number of carbonyl (C=O) groups excluding carboxylic acids is 2. The molecule has 1 saturated heterocycles. The normalized spacial score (nSPS) is 20.7. The van der Waals surface area contributed by atoms with Crippen LogP contribution in [0.5, 0.6) is 0 Å². The number of allylic oxidation sites excluding steroid dienone is 17. The highest BCUT2D eigenvalue weighted by atomic mass is 16.7. The highest BCUT2D eigenvalue weighted by Crippen LogP contribution is 2.26. The van der Waals surface area contributed by atoms with Crippen molar-refractivity contribution in [3.63, 3.8) is 0 Å². The van der Waals surface area contributed by atoms with Gasteiger partial charge in [-0.05, 0) is 64.2 Å².